The zero-order valence-electron chi connectivity index (χ0n) is 10.9. The van der Waals surface area contributed by atoms with Crippen LogP contribution >= 0.6 is 0 Å². The molecule has 0 radical (unpaired) electrons. The molecule has 2 heterocycles. The topological polar surface area (TPSA) is 61.9 Å². The second-order valence-electron chi connectivity index (χ2n) is 5.50. The van der Waals surface area contributed by atoms with Crippen molar-refractivity contribution in [3.63, 3.8) is 0 Å². The molecule has 0 aromatic carbocycles. The number of rotatable bonds is 1. The van der Waals surface area contributed by atoms with Gasteiger partial charge in [-0.3, -0.25) is 9.89 Å². The molecule has 1 aromatic heterocycles. The summed E-state index contributed by atoms with van der Waals surface area (Å²) in [6, 6.07) is 0.429. The van der Waals surface area contributed by atoms with Crippen molar-refractivity contribution in [1.29, 1.82) is 0 Å². The number of fused-ring (bicyclic) bond motifs is 1. The molecule has 18 heavy (non-hydrogen) atoms. The summed E-state index contributed by atoms with van der Waals surface area (Å²) in [5.74, 6) is 1.75. The number of amides is 1. The smallest absolute Gasteiger partial charge is 0.293 e. The Morgan fingerprint density at radius 3 is 2.83 bits per heavy atom. The molecule has 1 aliphatic heterocycles. The van der Waals surface area contributed by atoms with Crippen molar-refractivity contribution >= 4 is 5.91 Å². The summed E-state index contributed by atoms with van der Waals surface area (Å²) >= 11 is 0. The molecule has 1 aliphatic carbocycles. The number of carbonyl (C=O) groups excluding carboxylic acids is 1. The minimum Gasteiger partial charge on any atom is -0.333 e. The van der Waals surface area contributed by atoms with Crippen molar-refractivity contribution in [2.75, 3.05) is 6.54 Å². The number of nitrogens with zero attached hydrogens (tertiary/aromatic N) is 3. The van der Waals surface area contributed by atoms with Crippen LogP contribution in [0.2, 0.25) is 0 Å². The lowest BCUT2D eigenvalue weighted by Crippen LogP contribution is -2.49. The van der Waals surface area contributed by atoms with Crippen LogP contribution < -0.4 is 0 Å². The van der Waals surface area contributed by atoms with Crippen molar-refractivity contribution in [2.45, 2.75) is 51.5 Å². The highest BCUT2D eigenvalue weighted by atomic mass is 16.2. The molecule has 2 atom stereocenters. The highest BCUT2D eigenvalue weighted by Crippen LogP contribution is 2.35. The van der Waals surface area contributed by atoms with Crippen molar-refractivity contribution in [3.05, 3.63) is 11.6 Å². The monoisotopic (exact) mass is 248 g/mol. The van der Waals surface area contributed by atoms with Crippen molar-refractivity contribution in [2.24, 2.45) is 5.92 Å². The molecule has 1 saturated carbocycles. The molecule has 1 saturated heterocycles. The molecule has 1 aromatic rings. The minimum atomic E-state index is 0.0101. The number of carbonyl (C=O) groups is 1. The van der Waals surface area contributed by atoms with Gasteiger partial charge in [-0.1, -0.05) is 12.8 Å². The molecular formula is C13H20N4O. The maximum absolute atomic E-state index is 12.4. The molecule has 98 valence electrons. The fourth-order valence-electron chi connectivity index (χ4n) is 3.44. The zero-order chi connectivity index (χ0) is 12.5. The first-order chi connectivity index (χ1) is 8.75. The standard InChI is InChI=1S/C13H20N4O/c1-9-14-12(16-15-9)13(18)17-8-4-6-10-5-2-3-7-11(10)17/h10-11H,2-8H2,1H3,(H,14,15,16)/t10-,11-/m1/s1. The SMILES string of the molecule is Cc1nc(C(=O)N2CCC[C@H]3CCCC[C@H]32)n[nH]1. The third kappa shape index (κ3) is 2.02. The van der Waals surface area contributed by atoms with Crippen LogP contribution in [-0.2, 0) is 0 Å². The first-order valence-electron chi connectivity index (χ1n) is 6.95. The first kappa shape index (κ1) is 11.7. The molecule has 5 heteroatoms. The molecule has 1 amide bonds. The van der Waals surface area contributed by atoms with Gasteiger partial charge in [0.15, 0.2) is 0 Å². The summed E-state index contributed by atoms with van der Waals surface area (Å²) in [6.07, 6.45) is 7.40. The molecule has 0 bridgehead atoms. The van der Waals surface area contributed by atoms with Crippen LogP contribution in [0.5, 0.6) is 0 Å². The molecule has 5 nitrogen and oxygen atoms in total. The van der Waals surface area contributed by atoms with Gasteiger partial charge in [-0.25, -0.2) is 4.98 Å². The van der Waals surface area contributed by atoms with Gasteiger partial charge in [0.2, 0.25) is 5.82 Å². The highest BCUT2D eigenvalue weighted by Gasteiger charge is 2.36. The molecule has 0 spiro atoms. The molecule has 1 N–H and O–H groups in total. The van der Waals surface area contributed by atoms with Gasteiger partial charge in [0.05, 0.1) is 0 Å². The van der Waals surface area contributed by atoms with E-state index in [2.05, 4.69) is 15.2 Å². The van der Waals surface area contributed by atoms with E-state index in [0.29, 0.717) is 23.6 Å². The van der Waals surface area contributed by atoms with Crippen LogP contribution in [-0.4, -0.2) is 38.6 Å². The van der Waals surface area contributed by atoms with E-state index in [4.69, 9.17) is 0 Å². The van der Waals surface area contributed by atoms with E-state index in [1.807, 2.05) is 11.8 Å². The zero-order valence-corrected chi connectivity index (χ0v) is 10.9. The molecule has 2 fully saturated rings. The van der Waals surface area contributed by atoms with E-state index in [-0.39, 0.29) is 5.91 Å². The lowest BCUT2D eigenvalue weighted by atomic mass is 9.78. The van der Waals surface area contributed by atoms with Gasteiger partial charge in [0.1, 0.15) is 5.82 Å². The predicted octanol–water partition coefficient (Wildman–Crippen LogP) is 1.91. The molecule has 0 unspecified atom stereocenters. The normalized spacial score (nSPS) is 27.9. The van der Waals surface area contributed by atoms with Crippen LogP contribution in [0, 0.1) is 12.8 Å². The van der Waals surface area contributed by atoms with E-state index in [1.54, 1.807) is 0 Å². The molecule has 3 rings (SSSR count). The Morgan fingerprint density at radius 2 is 2.06 bits per heavy atom. The average Bonchev–Trinajstić information content (AvgIpc) is 2.84. The van der Waals surface area contributed by atoms with Gasteiger partial charge in [0, 0.05) is 12.6 Å². The lowest BCUT2D eigenvalue weighted by molar-refractivity contribution is 0.0380. The first-order valence-corrected chi connectivity index (χ1v) is 6.95. The van der Waals surface area contributed by atoms with Crippen LogP contribution in [0.15, 0.2) is 0 Å². The number of aromatic amines is 1. The van der Waals surface area contributed by atoms with E-state index in [1.165, 1.54) is 25.7 Å². The van der Waals surface area contributed by atoms with Gasteiger partial charge in [-0.05, 0) is 38.5 Å². The number of aryl methyl sites for hydroxylation is 1. The number of hydrogen-bond acceptors (Lipinski definition) is 3. The van der Waals surface area contributed by atoms with E-state index in [9.17, 15) is 4.79 Å². The predicted molar refractivity (Wildman–Crippen MR) is 67.1 cm³/mol. The van der Waals surface area contributed by atoms with Crippen LogP contribution in [0.1, 0.15) is 55.0 Å². The second-order valence-corrected chi connectivity index (χ2v) is 5.50. The fourth-order valence-corrected chi connectivity index (χ4v) is 3.44. The van der Waals surface area contributed by atoms with Crippen LogP contribution in [0.4, 0.5) is 0 Å². The van der Waals surface area contributed by atoms with Crippen molar-refractivity contribution < 1.29 is 4.79 Å². The van der Waals surface area contributed by atoms with Gasteiger partial charge in [0.25, 0.3) is 5.91 Å². The number of aromatic nitrogens is 3. The summed E-state index contributed by atoms with van der Waals surface area (Å²) < 4.78 is 0. The largest absolute Gasteiger partial charge is 0.333 e. The number of H-pyrrole nitrogens is 1. The number of piperidine rings is 1. The Kier molecular flexibility index (Phi) is 3.06. The quantitative estimate of drug-likeness (QED) is 0.825. The average molecular weight is 248 g/mol. The van der Waals surface area contributed by atoms with Gasteiger partial charge in [-0.15, -0.1) is 5.10 Å². The summed E-state index contributed by atoms with van der Waals surface area (Å²) in [6.45, 7) is 2.69. The Hall–Kier alpha value is -1.39. The lowest BCUT2D eigenvalue weighted by Gasteiger charge is -2.43. The summed E-state index contributed by atoms with van der Waals surface area (Å²) in [5.41, 5.74) is 0. The van der Waals surface area contributed by atoms with E-state index < -0.39 is 0 Å². The Bertz CT molecular complexity index is 440. The van der Waals surface area contributed by atoms with E-state index >= 15 is 0 Å². The maximum Gasteiger partial charge on any atom is 0.293 e. The number of likely N-dealkylation sites (tertiary alicyclic amines) is 1. The maximum atomic E-state index is 12.4. The minimum absolute atomic E-state index is 0.0101. The van der Waals surface area contributed by atoms with E-state index in [0.717, 1.165) is 19.4 Å². The number of nitrogens with one attached hydrogen (secondary N) is 1. The summed E-state index contributed by atoms with van der Waals surface area (Å²) in [5, 5.41) is 6.75. The molecular weight excluding hydrogens is 228 g/mol. The Morgan fingerprint density at radius 1 is 1.28 bits per heavy atom. The Balaban J connectivity index is 1.79. The van der Waals surface area contributed by atoms with Crippen molar-refractivity contribution in [1.82, 2.24) is 20.1 Å². The molecule has 2 aliphatic rings. The van der Waals surface area contributed by atoms with Gasteiger partial charge >= 0.3 is 0 Å². The Labute approximate surface area is 107 Å². The summed E-state index contributed by atoms with van der Waals surface area (Å²) in [4.78, 5) is 18.6. The highest BCUT2D eigenvalue weighted by molar-refractivity contribution is 5.90. The van der Waals surface area contributed by atoms with Gasteiger partial charge < -0.3 is 4.90 Å². The fraction of sp³-hybridized carbons (Fsp3) is 0.769. The third-order valence-corrected chi connectivity index (χ3v) is 4.29. The van der Waals surface area contributed by atoms with Crippen LogP contribution in [0.3, 0.4) is 0 Å². The third-order valence-electron chi connectivity index (χ3n) is 4.29. The summed E-state index contributed by atoms with van der Waals surface area (Å²) in [7, 11) is 0. The second kappa shape index (κ2) is 4.71. The van der Waals surface area contributed by atoms with Gasteiger partial charge in [-0.2, -0.15) is 0 Å². The van der Waals surface area contributed by atoms with Crippen LogP contribution in [0.25, 0.3) is 0 Å². The number of hydrogen-bond donors (Lipinski definition) is 1. The van der Waals surface area contributed by atoms with Crippen molar-refractivity contribution in [3.8, 4) is 0 Å².